The van der Waals surface area contributed by atoms with Gasteiger partial charge in [0.25, 0.3) is 5.91 Å². The van der Waals surface area contributed by atoms with E-state index in [0.717, 1.165) is 37.3 Å². The molecule has 44 heavy (non-hydrogen) atoms. The van der Waals surface area contributed by atoms with Crippen LogP contribution in [0.4, 0.5) is 33.7 Å². The molecule has 0 aliphatic heterocycles. The molecule has 228 valence electrons. The molecule has 1 aliphatic carbocycles. The van der Waals surface area contributed by atoms with E-state index < -0.39 is 47.9 Å². The number of hydrogen-bond acceptors (Lipinski definition) is 4. The number of nitriles is 1. The lowest BCUT2D eigenvalue weighted by Crippen LogP contribution is -2.35. The molecule has 0 bridgehead atoms. The lowest BCUT2D eigenvalue weighted by atomic mass is 9.93. The number of benzene rings is 3. The molecule has 12 heteroatoms. The molecule has 1 aliphatic rings. The Hall–Kier alpha value is -5.18. The van der Waals surface area contributed by atoms with E-state index >= 15 is 0 Å². The van der Waals surface area contributed by atoms with E-state index in [4.69, 9.17) is 10.4 Å². The van der Waals surface area contributed by atoms with Crippen molar-refractivity contribution in [2.24, 2.45) is 0 Å². The Kier molecular flexibility index (Phi) is 10.0. The molecule has 3 N–H and O–H groups in total. The maximum atomic E-state index is 13.5. The molecule has 1 atom stereocenters. The molecule has 3 aromatic carbocycles. The highest BCUT2D eigenvalue weighted by atomic mass is 19.4. The molecule has 1 unspecified atom stereocenters. The number of allylic oxidation sites excluding steroid dienone is 2. The van der Waals surface area contributed by atoms with Gasteiger partial charge in [-0.05, 0) is 84.8 Å². The summed E-state index contributed by atoms with van der Waals surface area (Å²) in [7, 11) is 0. The molecule has 0 saturated heterocycles. The number of carbonyl (C=O) groups excluding carboxylic acids is 2. The fourth-order valence-electron chi connectivity index (χ4n) is 4.70. The first-order valence-corrected chi connectivity index (χ1v) is 13.7. The number of carboxylic acid groups (broad SMARTS) is 1. The molecular weight excluding hydrogens is 580 g/mol. The van der Waals surface area contributed by atoms with E-state index in [9.17, 15) is 31.9 Å². The lowest BCUT2D eigenvalue weighted by Gasteiger charge is -2.24. The van der Waals surface area contributed by atoms with E-state index in [2.05, 4.69) is 16.7 Å². The largest absolute Gasteiger partial charge is 0.479 e. The van der Waals surface area contributed by atoms with Gasteiger partial charge in [0.05, 0.1) is 30.3 Å². The summed E-state index contributed by atoms with van der Waals surface area (Å²) in [5.74, 6) is -2.39. The van der Waals surface area contributed by atoms with Crippen molar-refractivity contribution < 1.29 is 37.1 Å². The van der Waals surface area contributed by atoms with Gasteiger partial charge in [0.15, 0.2) is 0 Å². The number of carbonyl (C=O) groups is 3. The third-order valence-corrected chi connectivity index (χ3v) is 7.05. The summed E-state index contributed by atoms with van der Waals surface area (Å²) in [6.07, 6.45) is -0.755. The molecule has 0 saturated carbocycles. The predicted molar refractivity (Wildman–Crippen MR) is 156 cm³/mol. The second-order valence-electron chi connectivity index (χ2n) is 10.1. The van der Waals surface area contributed by atoms with Crippen LogP contribution in [-0.2, 0) is 17.5 Å². The van der Waals surface area contributed by atoms with E-state index in [0.29, 0.717) is 17.3 Å². The third kappa shape index (κ3) is 8.01. The average molecular weight is 609 g/mol. The summed E-state index contributed by atoms with van der Waals surface area (Å²) in [6, 6.07) is 16.8. The highest BCUT2D eigenvalue weighted by Crippen LogP contribution is 2.34. The van der Waals surface area contributed by atoms with Gasteiger partial charge in [-0.25, -0.2) is 14.0 Å². The predicted octanol–water partition coefficient (Wildman–Crippen LogP) is 6.93. The van der Waals surface area contributed by atoms with Crippen LogP contribution in [0.15, 0.2) is 72.8 Å². The summed E-state index contributed by atoms with van der Waals surface area (Å²) in [6.45, 7) is -0.744. The number of alkyl halides is 4. The molecule has 0 aromatic heterocycles. The van der Waals surface area contributed by atoms with Crippen LogP contribution in [0.1, 0.15) is 58.3 Å². The Morgan fingerprint density at radius 1 is 1.00 bits per heavy atom. The van der Waals surface area contributed by atoms with Gasteiger partial charge < -0.3 is 15.7 Å². The first-order chi connectivity index (χ1) is 21.0. The molecule has 0 radical (unpaired) electrons. The van der Waals surface area contributed by atoms with Crippen molar-refractivity contribution >= 4 is 34.9 Å². The Labute approximate surface area is 250 Å². The summed E-state index contributed by atoms with van der Waals surface area (Å²) in [5, 5.41) is 22.4. The maximum absolute atomic E-state index is 13.5. The zero-order valence-electron chi connectivity index (χ0n) is 23.3. The van der Waals surface area contributed by atoms with Crippen LogP contribution in [-0.4, -0.2) is 35.7 Å². The minimum atomic E-state index is -4.80. The first kappa shape index (κ1) is 31.7. The number of halogens is 4. The van der Waals surface area contributed by atoms with Crippen molar-refractivity contribution in [2.75, 3.05) is 16.8 Å². The summed E-state index contributed by atoms with van der Waals surface area (Å²) in [5.41, 5.74) is 1.44. The van der Waals surface area contributed by atoms with Crippen molar-refractivity contribution in [3.05, 3.63) is 101 Å². The highest BCUT2D eigenvalue weighted by Gasteiger charge is 2.34. The minimum absolute atomic E-state index is 0.0379. The lowest BCUT2D eigenvalue weighted by molar-refractivity contribution is -0.142. The zero-order chi connectivity index (χ0) is 31.9. The maximum Gasteiger partial charge on any atom is 0.417 e. The normalized spacial score (nSPS) is 13.7. The number of aliphatic carboxylic acids is 1. The van der Waals surface area contributed by atoms with E-state index in [1.165, 1.54) is 34.7 Å². The fourth-order valence-corrected chi connectivity index (χ4v) is 4.70. The van der Waals surface area contributed by atoms with Crippen LogP contribution in [0.3, 0.4) is 0 Å². The molecule has 4 rings (SSSR count). The van der Waals surface area contributed by atoms with Gasteiger partial charge in [-0.2, -0.15) is 18.4 Å². The van der Waals surface area contributed by atoms with Crippen LogP contribution in [0.5, 0.6) is 0 Å². The van der Waals surface area contributed by atoms with Gasteiger partial charge in [0.1, 0.15) is 0 Å². The smallest absolute Gasteiger partial charge is 0.417 e. The number of nitrogens with zero attached hydrogens (tertiary/aromatic N) is 2. The van der Waals surface area contributed by atoms with Gasteiger partial charge in [-0.1, -0.05) is 30.3 Å². The number of anilines is 2. The van der Waals surface area contributed by atoms with E-state index in [-0.39, 0.29) is 17.8 Å². The van der Waals surface area contributed by atoms with Gasteiger partial charge >= 0.3 is 18.2 Å². The summed E-state index contributed by atoms with van der Waals surface area (Å²) in [4.78, 5) is 37.8. The zero-order valence-corrected chi connectivity index (χ0v) is 23.3. The third-order valence-electron chi connectivity index (χ3n) is 7.05. The van der Waals surface area contributed by atoms with Gasteiger partial charge in [0.2, 0.25) is 6.17 Å². The summed E-state index contributed by atoms with van der Waals surface area (Å²) >= 11 is 0. The van der Waals surface area contributed by atoms with E-state index in [1.807, 2.05) is 12.1 Å². The number of nitrogens with one attached hydrogen (secondary N) is 2. The van der Waals surface area contributed by atoms with Crippen LogP contribution < -0.4 is 15.5 Å². The Morgan fingerprint density at radius 3 is 2.30 bits per heavy atom. The molecule has 0 fully saturated rings. The van der Waals surface area contributed by atoms with Crippen molar-refractivity contribution in [3.8, 4) is 6.07 Å². The summed E-state index contributed by atoms with van der Waals surface area (Å²) < 4.78 is 53.9. The molecule has 0 heterocycles. The van der Waals surface area contributed by atoms with Crippen LogP contribution in [0, 0.1) is 11.3 Å². The number of hydrogen-bond donors (Lipinski definition) is 3. The topological polar surface area (TPSA) is 123 Å². The SMILES string of the molecule is N#Cc1ccc(NC(=O)N(Cc2ccc(C(=O)NCC(F)C(=O)O)cc2)c2ccc(C3=CCCCC3)cc2)cc1C(F)(F)F. The number of rotatable bonds is 9. The van der Waals surface area contributed by atoms with Gasteiger partial charge in [0, 0.05) is 16.9 Å². The quantitative estimate of drug-likeness (QED) is 0.228. The molecule has 8 nitrogen and oxygen atoms in total. The van der Waals surface area contributed by atoms with Crippen molar-refractivity contribution in [1.82, 2.24) is 5.32 Å². The number of amides is 3. The second-order valence-corrected chi connectivity index (χ2v) is 10.1. The number of urea groups is 1. The molecule has 0 spiro atoms. The monoisotopic (exact) mass is 608 g/mol. The average Bonchev–Trinajstić information content (AvgIpc) is 3.02. The van der Waals surface area contributed by atoms with Gasteiger partial charge in [-0.3, -0.25) is 9.69 Å². The van der Waals surface area contributed by atoms with E-state index in [1.54, 1.807) is 24.3 Å². The van der Waals surface area contributed by atoms with Crippen LogP contribution in [0.2, 0.25) is 0 Å². The van der Waals surface area contributed by atoms with Crippen molar-refractivity contribution in [3.63, 3.8) is 0 Å². The second kappa shape index (κ2) is 13.9. The Morgan fingerprint density at radius 2 is 1.70 bits per heavy atom. The Bertz CT molecular complexity index is 1600. The van der Waals surface area contributed by atoms with Crippen molar-refractivity contribution in [1.29, 1.82) is 5.26 Å². The molecular formula is C32H28F4N4O4. The first-order valence-electron chi connectivity index (χ1n) is 13.7. The molecule has 3 aromatic rings. The minimum Gasteiger partial charge on any atom is -0.479 e. The van der Waals surface area contributed by atoms with Gasteiger partial charge in [-0.15, -0.1) is 0 Å². The standard InChI is InChI=1S/C32H28F4N4O4/c33-28(30(42)43)18-38-29(41)23-8-6-20(7-9-23)19-40(26-14-11-22(12-15-26)21-4-2-1-3-5-21)31(44)39-25-13-10-24(17-37)27(16-25)32(34,35)36/h4,6-16,28H,1-3,5,18-19H2,(H,38,41)(H,39,44)(H,42,43). The highest BCUT2D eigenvalue weighted by molar-refractivity contribution is 6.02. The Balaban J connectivity index is 1.58. The fraction of sp³-hybridized carbons (Fsp3) is 0.250. The van der Waals surface area contributed by atoms with Crippen LogP contribution >= 0.6 is 0 Å². The van der Waals surface area contributed by atoms with Crippen LogP contribution in [0.25, 0.3) is 5.57 Å². The number of carboxylic acids is 1. The molecule has 3 amide bonds. The van der Waals surface area contributed by atoms with Crippen molar-refractivity contribution in [2.45, 2.75) is 44.6 Å².